The molecule has 0 saturated heterocycles. The van der Waals surface area contributed by atoms with E-state index in [-0.39, 0.29) is 5.91 Å². The van der Waals surface area contributed by atoms with Crippen molar-refractivity contribution in [2.24, 2.45) is 0 Å². The second kappa shape index (κ2) is 7.02. The first-order chi connectivity index (χ1) is 11.2. The highest BCUT2D eigenvalue weighted by Gasteiger charge is 2.06. The van der Waals surface area contributed by atoms with Crippen molar-refractivity contribution in [3.05, 3.63) is 54.0 Å². The Morgan fingerprint density at radius 3 is 2.70 bits per heavy atom. The SMILES string of the molecule is CCC(=O)Nc1ccc(-c2csc(Nc3ccccn3)n2)cc1. The molecule has 2 heterocycles. The van der Waals surface area contributed by atoms with E-state index >= 15 is 0 Å². The number of hydrogen-bond acceptors (Lipinski definition) is 5. The topological polar surface area (TPSA) is 66.9 Å². The number of hydrogen-bond donors (Lipinski definition) is 2. The van der Waals surface area contributed by atoms with Gasteiger partial charge in [-0.2, -0.15) is 0 Å². The molecule has 3 rings (SSSR count). The number of rotatable bonds is 5. The number of benzene rings is 1. The second-order valence-electron chi connectivity index (χ2n) is 4.86. The average molecular weight is 324 g/mol. The van der Waals surface area contributed by atoms with Gasteiger partial charge in [0.15, 0.2) is 5.13 Å². The number of nitrogens with one attached hydrogen (secondary N) is 2. The Labute approximate surface area is 138 Å². The Hall–Kier alpha value is -2.73. The summed E-state index contributed by atoms with van der Waals surface area (Å²) in [6.07, 6.45) is 2.20. The normalized spacial score (nSPS) is 10.3. The molecule has 0 bridgehead atoms. The molecular weight excluding hydrogens is 308 g/mol. The monoisotopic (exact) mass is 324 g/mol. The van der Waals surface area contributed by atoms with E-state index in [1.165, 1.54) is 11.3 Å². The summed E-state index contributed by atoms with van der Waals surface area (Å²) >= 11 is 1.53. The fraction of sp³-hybridized carbons (Fsp3) is 0.118. The van der Waals surface area contributed by atoms with Crippen LogP contribution in [0.25, 0.3) is 11.3 Å². The van der Waals surface area contributed by atoms with Crippen LogP contribution in [-0.2, 0) is 4.79 Å². The van der Waals surface area contributed by atoms with Crippen LogP contribution in [0.4, 0.5) is 16.6 Å². The van der Waals surface area contributed by atoms with Crippen molar-refractivity contribution >= 4 is 33.9 Å². The van der Waals surface area contributed by atoms with Gasteiger partial charge in [0.05, 0.1) is 5.69 Å². The van der Waals surface area contributed by atoms with Crippen LogP contribution in [0, 0.1) is 0 Å². The first kappa shape index (κ1) is 15.2. The number of anilines is 3. The summed E-state index contributed by atoms with van der Waals surface area (Å²) < 4.78 is 0. The second-order valence-corrected chi connectivity index (χ2v) is 5.72. The minimum absolute atomic E-state index is 0.00764. The van der Waals surface area contributed by atoms with E-state index in [4.69, 9.17) is 0 Å². The molecule has 116 valence electrons. The Morgan fingerprint density at radius 1 is 1.17 bits per heavy atom. The molecule has 1 aromatic carbocycles. The van der Waals surface area contributed by atoms with Gasteiger partial charge in [-0.15, -0.1) is 11.3 Å². The molecule has 2 aromatic heterocycles. The van der Waals surface area contributed by atoms with Crippen molar-refractivity contribution in [3.63, 3.8) is 0 Å². The van der Waals surface area contributed by atoms with E-state index in [2.05, 4.69) is 20.6 Å². The van der Waals surface area contributed by atoms with Crippen LogP contribution in [0.5, 0.6) is 0 Å². The summed E-state index contributed by atoms with van der Waals surface area (Å²) in [5.74, 6) is 0.777. The Balaban J connectivity index is 1.71. The summed E-state index contributed by atoms with van der Waals surface area (Å²) in [5, 5.41) is 8.79. The van der Waals surface area contributed by atoms with Crippen molar-refractivity contribution in [1.29, 1.82) is 0 Å². The van der Waals surface area contributed by atoms with Gasteiger partial charge in [0.2, 0.25) is 5.91 Å². The van der Waals surface area contributed by atoms with E-state index in [1.54, 1.807) is 6.20 Å². The molecule has 3 aromatic rings. The smallest absolute Gasteiger partial charge is 0.224 e. The summed E-state index contributed by atoms with van der Waals surface area (Å²) in [7, 11) is 0. The highest BCUT2D eigenvalue weighted by molar-refractivity contribution is 7.14. The molecule has 2 N–H and O–H groups in total. The molecule has 0 radical (unpaired) electrons. The molecule has 0 saturated carbocycles. The molecule has 0 aliphatic heterocycles. The van der Waals surface area contributed by atoms with Gasteiger partial charge in [0, 0.05) is 29.2 Å². The molecule has 0 aliphatic carbocycles. The van der Waals surface area contributed by atoms with Gasteiger partial charge in [-0.05, 0) is 24.3 Å². The molecular formula is C17H16N4OS. The van der Waals surface area contributed by atoms with E-state index in [0.29, 0.717) is 6.42 Å². The van der Waals surface area contributed by atoms with Gasteiger partial charge in [-0.25, -0.2) is 9.97 Å². The van der Waals surface area contributed by atoms with Crippen LogP contribution >= 0.6 is 11.3 Å². The van der Waals surface area contributed by atoms with Crippen LogP contribution in [0.3, 0.4) is 0 Å². The number of carbonyl (C=O) groups excluding carboxylic acids is 1. The number of amides is 1. The van der Waals surface area contributed by atoms with Gasteiger partial charge >= 0.3 is 0 Å². The van der Waals surface area contributed by atoms with Crippen LogP contribution in [0.1, 0.15) is 13.3 Å². The highest BCUT2D eigenvalue weighted by atomic mass is 32.1. The van der Waals surface area contributed by atoms with Gasteiger partial charge < -0.3 is 10.6 Å². The van der Waals surface area contributed by atoms with Crippen molar-refractivity contribution < 1.29 is 4.79 Å². The number of pyridine rings is 1. The van der Waals surface area contributed by atoms with E-state index in [0.717, 1.165) is 27.9 Å². The maximum absolute atomic E-state index is 11.4. The summed E-state index contributed by atoms with van der Waals surface area (Å²) in [6, 6.07) is 13.4. The Morgan fingerprint density at radius 2 is 2.00 bits per heavy atom. The molecule has 0 aliphatic rings. The lowest BCUT2D eigenvalue weighted by molar-refractivity contribution is -0.115. The van der Waals surface area contributed by atoms with Crippen molar-refractivity contribution in [1.82, 2.24) is 9.97 Å². The van der Waals surface area contributed by atoms with Crippen LogP contribution in [0.2, 0.25) is 0 Å². The van der Waals surface area contributed by atoms with Crippen LogP contribution in [0.15, 0.2) is 54.0 Å². The third kappa shape index (κ3) is 3.92. The molecule has 5 nitrogen and oxygen atoms in total. The van der Waals surface area contributed by atoms with Gasteiger partial charge in [-0.3, -0.25) is 4.79 Å². The molecule has 1 amide bonds. The maximum Gasteiger partial charge on any atom is 0.224 e. The molecule has 0 atom stereocenters. The first-order valence-electron chi connectivity index (χ1n) is 7.28. The van der Waals surface area contributed by atoms with Gasteiger partial charge in [0.1, 0.15) is 5.82 Å². The molecule has 0 unspecified atom stereocenters. The molecule has 23 heavy (non-hydrogen) atoms. The lowest BCUT2D eigenvalue weighted by Gasteiger charge is -2.04. The standard InChI is InChI=1S/C17H16N4OS/c1-2-16(22)19-13-8-6-12(7-9-13)14-11-23-17(20-14)21-15-5-3-4-10-18-15/h3-11H,2H2,1H3,(H,19,22)(H,18,20,21). The predicted octanol–water partition coefficient (Wildman–Crippen LogP) is 4.30. The summed E-state index contributed by atoms with van der Waals surface area (Å²) in [6.45, 7) is 1.83. The van der Waals surface area contributed by atoms with E-state index in [1.807, 2.05) is 54.8 Å². The fourth-order valence-electron chi connectivity index (χ4n) is 1.98. The first-order valence-corrected chi connectivity index (χ1v) is 8.16. The zero-order valence-corrected chi connectivity index (χ0v) is 13.4. The number of aromatic nitrogens is 2. The minimum Gasteiger partial charge on any atom is -0.326 e. The van der Waals surface area contributed by atoms with Crippen molar-refractivity contribution in [2.75, 3.05) is 10.6 Å². The third-order valence-electron chi connectivity index (χ3n) is 3.19. The molecule has 0 spiro atoms. The predicted molar refractivity (Wildman–Crippen MR) is 94.0 cm³/mol. The fourth-order valence-corrected chi connectivity index (χ4v) is 2.71. The lowest BCUT2D eigenvalue weighted by Crippen LogP contribution is -2.08. The van der Waals surface area contributed by atoms with Crippen molar-refractivity contribution in [2.45, 2.75) is 13.3 Å². The van der Waals surface area contributed by atoms with Crippen LogP contribution in [-0.4, -0.2) is 15.9 Å². The molecule has 0 fully saturated rings. The average Bonchev–Trinajstić information content (AvgIpc) is 3.05. The number of carbonyl (C=O) groups is 1. The van der Waals surface area contributed by atoms with Gasteiger partial charge in [-0.1, -0.05) is 25.1 Å². The highest BCUT2D eigenvalue weighted by Crippen LogP contribution is 2.27. The summed E-state index contributed by atoms with van der Waals surface area (Å²) in [5.41, 5.74) is 2.69. The van der Waals surface area contributed by atoms with E-state index < -0.39 is 0 Å². The maximum atomic E-state index is 11.4. The zero-order valence-electron chi connectivity index (χ0n) is 12.6. The lowest BCUT2D eigenvalue weighted by atomic mass is 10.1. The third-order valence-corrected chi connectivity index (χ3v) is 3.95. The van der Waals surface area contributed by atoms with Gasteiger partial charge in [0.25, 0.3) is 0 Å². The summed E-state index contributed by atoms with van der Waals surface area (Å²) in [4.78, 5) is 20.2. The Kier molecular flexibility index (Phi) is 4.63. The number of thiazole rings is 1. The minimum atomic E-state index is 0.00764. The largest absolute Gasteiger partial charge is 0.326 e. The zero-order chi connectivity index (χ0) is 16.1. The Bertz CT molecular complexity index is 784. The van der Waals surface area contributed by atoms with E-state index in [9.17, 15) is 4.79 Å². The number of nitrogens with zero attached hydrogens (tertiary/aromatic N) is 2. The molecule has 6 heteroatoms. The van der Waals surface area contributed by atoms with Crippen LogP contribution < -0.4 is 10.6 Å². The quantitative estimate of drug-likeness (QED) is 0.734. The van der Waals surface area contributed by atoms with Crippen molar-refractivity contribution in [3.8, 4) is 11.3 Å².